The van der Waals surface area contributed by atoms with Gasteiger partial charge < -0.3 is 15.4 Å². The highest BCUT2D eigenvalue weighted by atomic mass is 32.2. The zero-order valence-electron chi connectivity index (χ0n) is 17.5. The predicted octanol–water partition coefficient (Wildman–Crippen LogP) is 0.177. The molecule has 1 rings (SSSR count). The first kappa shape index (κ1) is 25.3. The summed E-state index contributed by atoms with van der Waals surface area (Å²) >= 11 is 0. The van der Waals surface area contributed by atoms with E-state index in [0.717, 1.165) is 39.2 Å². The third kappa shape index (κ3) is 8.27. The minimum atomic E-state index is -4.05. The quantitative estimate of drug-likeness (QED) is 0.373. The molecule has 1 fully saturated rings. The van der Waals surface area contributed by atoms with Crippen molar-refractivity contribution in [1.82, 2.24) is 14.3 Å². The SMILES string of the molecule is CCCN(C(=O)C(CC(=O)OC)NS(=O)(=O)NC1CCCCC1)[C@@H](CC)C(N)=O. The van der Waals surface area contributed by atoms with Crippen LogP contribution < -0.4 is 15.2 Å². The Balaban J connectivity index is 3.05. The predicted molar refractivity (Wildman–Crippen MR) is 108 cm³/mol. The Morgan fingerprint density at radius 3 is 2.28 bits per heavy atom. The van der Waals surface area contributed by atoms with Crippen LogP contribution in [0.25, 0.3) is 0 Å². The first-order valence-corrected chi connectivity index (χ1v) is 11.6. The number of carbonyl (C=O) groups is 3. The van der Waals surface area contributed by atoms with Crippen LogP contribution in [-0.2, 0) is 29.3 Å². The molecule has 0 aromatic carbocycles. The summed E-state index contributed by atoms with van der Waals surface area (Å²) in [5, 5.41) is 0. The molecular formula is C18H34N4O6S. The van der Waals surface area contributed by atoms with E-state index in [1.54, 1.807) is 6.92 Å². The van der Waals surface area contributed by atoms with Crippen LogP contribution in [0.1, 0.15) is 65.2 Å². The summed E-state index contributed by atoms with van der Waals surface area (Å²) in [5.74, 6) is -2.11. The molecule has 0 aliphatic heterocycles. The summed E-state index contributed by atoms with van der Waals surface area (Å²) in [6.45, 7) is 3.73. The summed E-state index contributed by atoms with van der Waals surface area (Å²) in [4.78, 5) is 38.0. The van der Waals surface area contributed by atoms with Gasteiger partial charge in [-0.1, -0.05) is 33.1 Å². The Kier molecular flexibility index (Phi) is 10.5. The van der Waals surface area contributed by atoms with E-state index in [2.05, 4.69) is 14.2 Å². The second-order valence-electron chi connectivity index (χ2n) is 7.26. The topological polar surface area (TPSA) is 148 Å². The maximum absolute atomic E-state index is 13.1. The van der Waals surface area contributed by atoms with E-state index in [0.29, 0.717) is 6.42 Å². The molecule has 168 valence electrons. The Morgan fingerprint density at radius 1 is 1.17 bits per heavy atom. The molecule has 0 radical (unpaired) electrons. The molecule has 4 N–H and O–H groups in total. The molecule has 0 spiro atoms. The summed E-state index contributed by atoms with van der Waals surface area (Å²) < 4.78 is 34.6. The molecule has 0 heterocycles. The first-order valence-electron chi connectivity index (χ1n) is 10.1. The van der Waals surface area contributed by atoms with E-state index in [1.807, 2.05) is 6.92 Å². The van der Waals surface area contributed by atoms with Crippen molar-refractivity contribution in [3.63, 3.8) is 0 Å². The van der Waals surface area contributed by atoms with Crippen LogP contribution in [0.5, 0.6) is 0 Å². The van der Waals surface area contributed by atoms with E-state index in [1.165, 1.54) is 4.90 Å². The molecule has 11 heteroatoms. The van der Waals surface area contributed by atoms with Gasteiger partial charge in [-0.05, 0) is 25.7 Å². The fourth-order valence-corrected chi connectivity index (χ4v) is 4.83. The number of ether oxygens (including phenoxy) is 1. The fourth-order valence-electron chi connectivity index (χ4n) is 3.53. The molecule has 2 amide bonds. The fraction of sp³-hybridized carbons (Fsp3) is 0.833. The molecule has 29 heavy (non-hydrogen) atoms. The van der Waals surface area contributed by atoms with Gasteiger partial charge >= 0.3 is 5.97 Å². The van der Waals surface area contributed by atoms with Crippen molar-refractivity contribution in [2.45, 2.75) is 83.3 Å². The Morgan fingerprint density at radius 2 is 1.79 bits per heavy atom. The van der Waals surface area contributed by atoms with Crippen LogP contribution in [0.4, 0.5) is 0 Å². The third-order valence-corrected chi connectivity index (χ3v) is 6.20. The lowest BCUT2D eigenvalue weighted by molar-refractivity contribution is -0.146. The average Bonchev–Trinajstić information content (AvgIpc) is 2.66. The number of rotatable bonds is 12. The van der Waals surface area contributed by atoms with Gasteiger partial charge in [-0.3, -0.25) is 14.4 Å². The number of hydrogen-bond donors (Lipinski definition) is 3. The lowest BCUT2D eigenvalue weighted by Crippen LogP contribution is -2.57. The lowest BCUT2D eigenvalue weighted by Gasteiger charge is -2.32. The molecule has 10 nitrogen and oxygen atoms in total. The van der Waals surface area contributed by atoms with Gasteiger partial charge in [0.15, 0.2) is 0 Å². The third-order valence-electron chi connectivity index (χ3n) is 4.96. The maximum atomic E-state index is 13.1. The normalized spacial score (nSPS) is 17.3. The molecule has 0 aromatic rings. The van der Waals surface area contributed by atoms with Crippen molar-refractivity contribution in [2.75, 3.05) is 13.7 Å². The number of nitrogens with one attached hydrogen (secondary N) is 2. The summed E-state index contributed by atoms with van der Waals surface area (Å²) in [7, 11) is -2.90. The van der Waals surface area contributed by atoms with Crippen molar-refractivity contribution in [3.05, 3.63) is 0 Å². The van der Waals surface area contributed by atoms with Gasteiger partial charge in [-0.25, -0.2) is 0 Å². The van der Waals surface area contributed by atoms with Crippen molar-refractivity contribution in [2.24, 2.45) is 5.73 Å². The summed E-state index contributed by atoms with van der Waals surface area (Å²) in [6.07, 6.45) is 4.68. The van der Waals surface area contributed by atoms with E-state index in [-0.39, 0.29) is 19.0 Å². The van der Waals surface area contributed by atoms with E-state index >= 15 is 0 Å². The van der Waals surface area contributed by atoms with Gasteiger partial charge in [0.2, 0.25) is 11.8 Å². The number of nitrogens with zero attached hydrogens (tertiary/aromatic N) is 1. The lowest BCUT2D eigenvalue weighted by atomic mass is 9.96. The van der Waals surface area contributed by atoms with Crippen LogP contribution in [0.2, 0.25) is 0 Å². The van der Waals surface area contributed by atoms with Gasteiger partial charge in [0.25, 0.3) is 10.2 Å². The minimum absolute atomic E-state index is 0.204. The molecule has 0 bridgehead atoms. The molecule has 0 aromatic heterocycles. The number of hydrogen-bond acceptors (Lipinski definition) is 6. The van der Waals surface area contributed by atoms with Crippen LogP contribution in [-0.4, -0.2) is 62.9 Å². The molecule has 2 atom stereocenters. The summed E-state index contributed by atoms with van der Waals surface area (Å²) in [5.41, 5.74) is 5.42. The Bertz CT molecular complexity index is 663. The van der Waals surface area contributed by atoms with E-state index in [4.69, 9.17) is 5.73 Å². The number of esters is 1. The first-order chi connectivity index (χ1) is 13.6. The second kappa shape index (κ2) is 12.1. The zero-order valence-corrected chi connectivity index (χ0v) is 18.3. The van der Waals surface area contributed by atoms with Crippen molar-refractivity contribution >= 4 is 28.0 Å². The van der Waals surface area contributed by atoms with Crippen LogP contribution >= 0.6 is 0 Å². The molecule has 1 aliphatic rings. The second-order valence-corrected chi connectivity index (χ2v) is 8.74. The highest BCUT2D eigenvalue weighted by Gasteiger charge is 2.35. The Hall–Kier alpha value is -1.72. The number of amides is 2. The van der Waals surface area contributed by atoms with Gasteiger partial charge in [0, 0.05) is 12.6 Å². The van der Waals surface area contributed by atoms with Crippen molar-refractivity contribution in [3.8, 4) is 0 Å². The number of carbonyl (C=O) groups excluding carboxylic acids is 3. The minimum Gasteiger partial charge on any atom is -0.469 e. The standard InChI is InChI=1S/C18H34N4O6S/c1-4-11-22(15(5-2)17(19)24)18(25)14(12-16(23)28-3)21-29(26,27)20-13-9-7-6-8-10-13/h13-15,20-21H,4-12H2,1-3H3,(H2,19,24)/t14?,15-/m0/s1. The number of nitrogens with two attached hydrogens (primary N) is 1. The molecule has 1 unspecified atom stereocenters. The van der Waals surface area contributed by atoms with Gasteiger partial charge in [0.1, 0.15) is 12.1 Å². The van der Waals surface area contributed by atoms with Crippen molar-refractivity contribution in [1.29, 1.82) is 0 Å². The van der Waals surface area contributed by atoms with Gasteiger partial charge in [-0.2, -0.15) is 17.9 Å². The van der Waals surface area contributed by atoms with Crippen molar-refractivity contribution < 1.29 is 27.5 Å². The van der Waals surface area contributed by atoms with Crippen LogP contribution in [0.3, 0.4) is 0 Å². The average molecular weight is 435 g/mol. The highest BCUT2D eigenvalue weighted by Crippen LogP contribution is 2.18. The molecular weight excluding hydrogens is 400 g/mol. The molecule has 1 aliphatic carbocycles. The van der Waals surface area contributed by atoms with Gasteiger partial charge in [-0.15, -0.1) is 0 Å². The van der Waals surface area contributed by atoms with E-state index in [9.17, 15) is 22.8 Å². The number of methoxy groups -OCH3 is 1. The van der Waals surface area contributed by atoms with Gasteiger partial charge in [0.05, 0.1) is 13.5 Å². The van der Waals surface area contributed by atoms with Crippen LogP contribution in [0, 0.1) is 0 Å². The molecule has 1 saturated carbocycles. The summed E-state index contributed by atoms with van der Waals surface area (Å²) in [6, 6.07) is -2.50. The maximum Gasteiger partial charge on any atom is 0.307 e. The smallest absolute Gasteiger partial charge is 0.307 e. The largest absolute Gasteiger partial charge is 0.469 e. The molecule has 0 saturated heterocycles. The monoisotopic (exact) mass is 434 g/mol. The zero-order chi connectivity index (χ0) is 22.0. The van der Waals surface area contributed by atoms with E-state index < -0.39 is 46.5 Å². The highest BCUT2D eigenvalue weighted by molar-refractivity contribution is 7.87. The van der Waals surface area contributed by atoms with Crippen LogP contribution in [0.15, 0.2) is 0 Å². The Labute approximate surface area is 173 Å². The number of primary amides is 1.